The lowest BCUT2D eigenvalue weighted by molar-refractivity contribution is 0.0529. The van der Waals surface area contributed by atoms with Crippen molar-refractivity contribution in [1.29, 1.82) is 0 Å². The molecule has 0 aliphatic carbocycles. The van der Waals surface area contributed by atoms with E-state index in [0.717, 1.165) is 0 Å². The zero-order valence-electron chi connectivity index (χ0n) is 8.42. The first-order valence-corrected chi connectivity index (χ1v) is 3.98. The van der Waals surface area contributed by atoms with Crippen LogP contribution < -0.4 is 5.43 Å². The lowest BCUT2D eigenvalue weighted by Gasteiger charge is -2.18. The van der Waals surface area contributed by atoms with Crippen LogP contribution in [0.15, 0.2) is 5.10 Å². The second kappa shape index (κ2) is 4.81. The third-order valence-corrected chi connectivity index (χ3v) is 0.966. The van der Waals surface area contributed by atoms with E-state index in [1.165, 1.54) is 0 Å². The molecule has 0 bridgehead atoms. The minimum atomic E-state index is -0.625. The number of hydrogen-bond acceptors (Lipinski definition) is 4. The van der Waals surface area contributed by atoms with Gasteiger partial charge in [0, 0.05) is 0 Å². The maximum absolute atomic E-state index is 11.0. The minimum absolute atomic E-state index is 0.185. The SMILES string of the molecule is C/C(CO)=N/NC(=O)OC(C)(C)C. The number of aliphatic hydroxyl groups is 1. The van der Waals surface area contributed by atoms with Crippen LogP contribution in [0.25, 0.3) is 0 Å². The molecule has 0 aliphatic rings. The molecule has 0 aromatic carbocycles. The van der Waals surface area contributed by atoms with Gasteiger partial charge in [-0.3, -0.25) is 0 Å². The number of ether oxygens (including phenoxy) is 1. The highest BCUT2D eigenvalue weighted by Crippen LogP contribution is 2.06. The molecule has 0 aromatic rings. The number of aliphatic hydroxyl groups excluding tert-OH is 1. The van der Waals surface area contributed by atoms with E-state index < -0.39 is 11.7 Å². The number of amides is 1. The lowest BCUT2D eigenvalue weighted by atomic mass is 10.2. The summed E-state index contributed by atoms with van der Waals surface area (Å²) in [6.45, 7) is 6.69. The molecule has 0 saturated heterocycles. The third kappa shape index (κ3) is 7.27. The normalized spacial score (nSPS) is 12.5. The topological polar surface area (TPSA) is 70.9 Å². The molecule has 13 heavy (non-hydrogen) atoms. The van der Waals surface area contributed by atoms with E-state index in [-0.39, 0.29) is 6.61 Å². The number of carbonyl (C=O) groups is 1. The summed E-state index contributed by atoms with van der Waals surface area (Å²) in [5.41, 5.74) is 2.04. The van der Waals surface area contributed by atoms with Crippen LogP contribution in [0.2, 0.25) is 0 Å². The molecule has 5 heteroatoms. The monoisotopic (exact) mass is 188 g/mol. The van der Waals surface area contributed by atoms with Gasteiger partial charge in [-0.15, -0.1) is 0 Å². The Morgan fingerprint density at radius 1 is 1.54 bits per heavy atom. The molecule has 0 fully saturated rings. The Kier molecular flexibility index (Phi) is 4.40. The molecule has 0 spiro atoms. The maximum atomic E-state index is 11.0. The van der Waals surface area contributed by atoms with Crippen molar-refractivity contribution in [3.05, 3.63) is 0 Å². The van der Waals surface area contributed by atoms with Gasteiger partial charge in [-0.05, 0) is 27.7 Å². The summed E-state index contributed by atoms with van der Waals surface area (Å²) in [4.78, 5) is 11.0. The van der Waals surface area contributed by atoms with Gasteiger partial charge in [0.15, 0.2) is 0 Å². The molecule has 0 radical (unpaired) electrons. The van der Waals surface area contributed by atoms with Crippen LogP contribution in [0, 0.1) is 0 Å². The summed E-state index contributed by atoms with van der Waals surface area (Å²) < 4.78 is 4.89. The highest BCUT2D eigenvalue weighted by molar-refractivity contribution is 5.84. The van der Waals surface area contributed by atoms with Crippen molar-refractivity contribution in [2.45, 2.75) is 33.3 Å². The fraction of sp³-hybridized carbons (Fsp3) is 0.750. The van der Waals surface area contributed by atoms with E-state index >= 15 is 0 Å². The summed E-state index contributed by atoms with van der Waals surface area (Å²) in [6, 6.07) is 0. The summed E-state index contributed by atoms with van der Waals surface area (Å²) in [7, 11) is 0. The number of rotatable bonds is 2. The smallest absolute Gasteiger partial charge is 0.428 e. The first-order chi connectivity index (χ1) is 5.85. The largest absolute Gasteiger partial charge is 0.443 e. The van der Waals surface area contributed by atoms with E-state index in [9.17, 15) is 4.79 Å². The van der Waals surface area contributed by atoms with Crippen molar-refractivity contribution in [1.82, 2.24) is 5.43 Å². The molecule has 0 aromatic heterocycles. The highest BCUT2D eigenvalue weighted by atomic mass is 16.6. The average Bonchev–Trinajstić information content (AvgIpc) is 1.97. The second-order valence-electron chi connectivity index (χ2n) is 3.62. The van der Waals surface area contributed by atoms with Crippen molar-refractivity contribution in [2.24, 2.45) is 5.10 Å². The predicted octanol–water partition coefficient (Wildman–Crippen LogP) is 0.879. The summed E-state index contributed by atoms with van der Waals surface area (Å²) in [6.07, 6.45) is -0.625. The fourth-order valence-corrected chi connectivity index (χ4v) is 0.477. The molecular formula is C8H16N2O3. The summed E-state index contributed by atoms with van der Waals surface area (Å²) in [5.74, 6) is 0. The minimum Gasteiger partial charge on any atom is -0.443 e. The van der Waals surface area contributed by atoms with E-state index in [1.807, 2.05) is 0 Å². The Hall–Kier alpha value is -1.10. The number of carbonyl (C=O) groups excluding carboxylic acids is 1. The van der Waals surface area contributed by atoms with Gasteiger partial charge in [-0.1, -0.05) is 0 Å². The summed E-state index contributed by atoms with van der Waals surface area (Å²) >= 11 is 0. The van der Waals surface area contributed by atoms with Gasteiger partial charge in [0.25, 0.3) is 0 Å². The van der Waals surface area contributed by atoms with Gasteiger partial charge in [0.05, 0.1) is 12.3 Å². The molecule has 0 aliphatic heterocycles. The van der Waals surface area contributed by atoms with Crippen LogP contribution in [0.1, 0.15) is 27.7 Å². The average molecular weight is 188 g/mol. The van der Waals surface area contributed by atoms with Crippen molar-refractivity contribution >= 4 is 11.8 Å². The molecule has 0 atom stereocenters. The standard InChI is InChI=1S/C8H16N2O3/c1-6(5-11)9-10-7(12)13-8(2,3)4/h11H,5H2,1-4H3,(H,10,12)/b9-6-. The van der Waals surface area contributed by atoms with Crippen LogP contribution in [0.4, 0.5) is 4.79 Å². The Labute approximate surface area is 77.8 Å². The van der Waals surface area contributed by atoms with Crippen LogP contribution in [-0.4, -0.2) is 29.1 Å². The van der Waals surface area contributed by atoms with Crippen molar-refractivity contribution < 1.29 is 14.6 Å². The summed E-state index contributed by atoms with van der Waals surface area (Å²) in [5, 5.41) is 12.1. The highest BCUT2D eigenvalue weighted by Gasteiger charge is 2.15. The lowest BCUT2D eigenvalue weighted by Crippen LogP contribution is -2.30. The van der Waals surface area contributed by atoms with Gasteiger partial charge >= 0.3 is 6.09 Å². The quantitative estimate of drug-likeness (QED) is 0.499. The Morgan fingerprint density at radius 3 is 2.46 bits per heavy atom. The first kappa shape index (κ1) is 11.9. The zero-order chi connectivity index (χ0) is 10.5. The van der Waals surface area contributed by atoms with E-state index in [2.05, 4.69) is 10.5 Å². The molecule has 0 unspecified atom stereocenters. The van der Waals surface area contributed by atoms with Gasteiger partial charge < -0.3 is 9.84 Å². The number of nitrogens with zero attached hydrogens (tertiary/aromatic N) is 1. The van der Waals surface area contributed by atoms with Crippen molar-refractivity contribution in [2.75, 3.05) is 6.61 Å². The van der Waals surface area contributed by atoms with Gasteiger partial charge in [0.2, 0.25) is 0 Å². The molecule has 2 N–H and O–H groups in total. The molecule has 1 amide bonds. The fourth-order valence-electron chi connectivity index (χ4n) is 0.477. The number of hydrogen-bond donors (Lipinski definition) is 2. The van der Waals surface area contributed by atoms with E-state index in [4.69, 9.17) is 9.84 Å². The van der Waals surface area contributed by atoms with E-state index in [1.54, 1.807) is 27.7 Å². The number of nitrogens with one attached hydrogen (secondary N) is 1. The van der Waals surface area contributed by atoms with Crippen LogP contribution in [-0.2, 0) is 4.74 Å². The van der Waals surface area contributed by atoms with Crippen LogP contribution in [0.5, 0.6) is 0 Å². The van der Waals surface area contributed by atoms with Crippen molar-refractivity contribution in [3.63, 3.8) is 0 Å². The van der Waals surface area contributed by atoms with Crippen molar-refractivity contribution in [3.8, 4) is 0 Å². The van der Waals surface area contributed by atoms with Crippen LogP contribution >= 0.6 is 0 Å². The zero-order valence-corrected chi connectivity index (χ0v) is 8.42. The number of hydrazone groups is 1. The molecule has 76 valence electrons. The molecule has 0 saturated carbocycles. The first-order valence-electron chi connectivity index (χ1n) is 3.98. The Bertz CT molecular complexity index is 206. The Morgan fingerprint density at radius 2 is 2.08 bits per heavy atom. The second-order valence-corrected chi connectivity index (χ2v) is 3.62. The molecule has 0 heterocycles. The maximum Gasteiger partial charge on any atom is 0.428 e. The van der Waals surface area contributed by atoms with Crippen LogP contribution in [0.3, 0.4) is 0 Å². The molecule has 5 nitrogen and oxygen atoms in total. The predicted molar refractivity (Wildman–Crippen MR) is 49.6 cm³/mol. The van der Waals surface area contributed by atoms with Gasteiger partial charge in [0.1, 0.15) is 5.60 Å². The van der Waals surface area contributed by atoms with Gasteiger partial charge in [-0.2, -0.15) is 5.10 Å². The molecule has 0 rings (SSSR count). The Balaban J connectivity index is 3.90. The molecular weight excluding hydrogens is 172 g/mol. The van der Waals surface area contributed by atoms with E-state index in [0.29, 0.717) is 5.71 Å². The van der Waals surface area contributed by atoms with Gasteiger partial charge in [-0.25, -0.2) is 10.2 Å². The third-order valence-electron chi connectivity index (χ3n) is 0.966.